The molecule has 1 heterocycles. The summed E-state index contributed by atoms with van der Waals surface area (Å²) in [6.07, 6.45) is 1.96. The molecule has 0 atom stereocenters. The number of nitrogens with zero attached hydrogens (tertiary/aromatic N) is 4. The Labute approximate surface area is 135 Å². The van der Waals surface area contributed by atoms with Gasteiger partial charge in [0.05, 0.1) is 5.75 Å². The van der Waals surface area contributed by atoms with Crippen LogP contribution in [0.1, 0.15) is 26.1 Å². The van der Waals surface area contributed by atoms with E-state index in [1.54, 1.807) is 11.9 Å². The maximum absolute atomic E-state index is 12.3. The van der Waals surface area contributed by atoms with Crippen LogP contribution in [0, 0.1) is 0 Å². The molecular formula is C16H22N4OS. The number of rotatable bonds is 7. The Morgan fingerprint density at radius 3 is 2.59 bits per heavy atom. The number of carbonyl (C=O) groups is 1. The van der Waals surface area contributed by atoms with Gasteiger partial charge >= 0.3 is 0 Å². The molecule has 0 radical (unpaired) electrons. The predicted molar refractivity (Wildman–Crippen MR) is 90.3 cm³/mol. The molecule has 1 amide bonds. The lowest BCUT2D eigenvalue weighted by Gasteiger charge is -2.16. The predicted octanol–water partition coefficient (Wildman–Crippen LogP) is 3.01. The third-order valence-corrected chi connectivity index (χ3v) is 4.38. The highest BCUT2D eigenvalue weighted by molar-refractivity contribution is 7.99. The number of aryl methyl sites for hydroxylation is 1. The quantitative estimate of drug-likeness (QED) is 0.736. The van der Waals surface area contributed by atoms with E-state index in [1.165, 1.54) is 11.8 Å². The number of hydrogen-bond acceptors (Lipinski definition) is 4. The molecule has 6 heteroatoms. The maximum atomic E-state index is 12.3. The highest BCUT2D eigenvalue weighted by Crippen LogP contribution is 2.20. The Hall–Kier alpha value is -1.82. The second-order valence-corrected chi connectivity index (χ2v) is 5.91. The summed E-state index contributed by atoms with van der Waals surface area (Å²) in [7, 11) is 1.80. The Morgan fingerprint density at radius 2 is 1.95 bits per heavy atom. The van der Waals surface area contributed by atoms with Gasteiger partial charge in [-0.15, -0.1) is 10.2 Å². The van der Waals surface area contributed by atoms with Gasteiger partial charge in [-0.3, -0.25) is 4.79 Å². The van der Waals surface area contributed by atoms with Crippen molar-refractivity contribution in [1.29, 1.82) is 0 Å². The maximum Gasteiger partial charge on any atom is 0.237 e. The Morgan fingerprint density at radius 1 is 1.23 bits per heavy atom. The molecule has 0 aliphatic rings. The molecule has 2 aromatic rings. The molecule has 22 heavy (non-hydrogen) atoms. The fourth-order valence-electron chi connectivity index (χ4n) is 2.17. The van der Waals surface area contributed by atoms with E-state index >= 15 is 0 Å². The molecule has 0 unspecified atom stereocenters. The molecule has 118 valence electrons. The Balaban J connectivity index is 1.99. The normalized spacial score (nSPS) is 10.7. The van der Waals surface area contributed by atoms with Crippen LogP contribution in [0.4, 0.5) is 5.69 Å². The monoisotopic (exact) mass is 318 g/mol. The first-order chi connectivity index (χ1) is 10.7. The van der Waals surface area contributed by atoms with E-state index in [4.69, 9.17) is 0 Å². The van der Waals surface area contributed by atoms with Gasteiger partial charge in [-0.25, -0.2) is 0 Å². The van der Waals surface area contributed by atoms with Gasteiger partial charge in [-0.05, 0) is 25.5 Å². The van der Waals surface area contributed by atoms with E-state index < -0.39 is 0 Å². The molecule has 5 nitrogen and oxygen atoms in total. The first-order valence-corrected chi connectivity index (χ1v) is 8.52. The minimum Gasteiger partial charge on any atom is -0.315 e. The minimum atomic E-state index is 0.0545. The highest BCUT2D eigenvalue weighted by atomic mass is 32.2. The first-order valence-electron chi connectivity index (χ1n) is 7.53. The number of amides is 1. The molecular weight excluding hydrogens is 296 g/mol. The molecule has 0 fully saturated rings. The Bertz CT molecular complexity index is 612. The molecule has 1 aromatic heterocycles. The zero-order valence-electron chi connectivity index (χ0n) is 13.3. The van der Waals surface area contributed by atoms with Gasteiger partial charge in [0, 0.05) is 25.7 Å². The van der Waals surface area contributed by atoms with Crippen LogP contribution >= 0.6 is 11.8 Å². The van der Waals surface area contributed by atoms with Crippen LogP contribution in [0.3, 0.4) is 0 Å². The fourth-order valence-corrected chi connectivity index (χ4v) is 3.11. The summed E-state index contributed by atoms with van der Waals surface area (Å²) in [5.41, 5.74) is 0.900. The zero-order valence-corrected chi connectivity index (χ0v) is 14.1. The van der Waals surface area contributed by atoms with Crippen molar-refractivity contribution in [3.63, 3.8) is 0 Å². The number of carbonyl (C=O) groups excluding carboxylic acids is 1. The molecule has 1 aromatic carbocycles. The van der Waals surface area contributed by atoms with Gasteiger partial charge in [0.25, 0.3) is 0 Å². The summed E-state index contributed by atoms with van der Waals surface area (Å²) in [6, 6.07) is 9.65. The Kier molecular flexibility index (Phi) is 6.00. The number of hydrogen-bond donors (Lipinski definition) is 0. The summed E-state index contributed by atoms with van der Waals surface area (Å²) in [5.74, 6) is 1.41. The van der Waals surface area contributed by atoms with Crippen LogP contribution in [-0.2, 0) is 17.8 Å². The zero-order chi connectivity index (χ0) is 15.9. The van der Waals surface area contributed by atoms with Crippen molar-refractivity contribution in [2.75, 3.05) is 17.7 Å². The van der Waals surface area contributed by atoms with Gasteiger partial charge < -0.3 is 9.47 Å². The molecule has 2 rings (SSSR count). The average molecular weight is 318 g/mol. The lowest BCUT2D eigenvalue weighted by atomic mass is 10.3. The molecule has 0 saturated heterocycles. The largest absolute Gasteiger partial charge is 0.315 e. The van der Waals surface area contributed by atoms with Crippen molar-refractivity contribution in [2.45, 2.75) is 38.4 Å². The molecule has 0 aliphatic carbocycles. The van der Waals surface area contributed by atoms with Crippen LogP contribution in [-0.4, -0.2) is 33.5 Å². The SMILES string of the molecule is CCCc1nnc(SCC(=O)N(C)c2ccccc2)n1CC. The van der Waals surface area contributed by atoms with Crippen molar-refractivity contribution < 1.29 is 4.79 Å². The summed E-state index contributed by atoms with van der Waals surface area (Å²) in [4.78, 5) is 14.0. The lowest BCUT2D eigenvalue weighted by Crippen LogP contribution is -2.27. The van der Waals surface area contributed by atoms with Crippen molar-refractivity contribution >= 4 is 23.4 Å². The van der Waals surface area contributed by atoms with Crippen molar-refractivity contribution in [3.05, 3.63) is 36.2 Å². The topological polar surface area (TPSA) is 51.0 Å². The summed E-state index contributed by atoms with van der Waals surface area (Å²) in [6.45, 7) is 5.03. The average Bonchev–Trinajstić information content (AvgIpc) is 2.95. The van der Waals surface area contributed by atoms with Crippen molar-refractivity contribution in [3.8, 4) is 0 Å². The summed E-state index contributed by atoms with van der Waals surface area (Å²) in [5, 5.41) is 9.26. The minimum absolute atomic E-state index is 0.0545. The van der Waals surface area contributed by atoms with Gasteiger partial charge in [0.2, 0.25) is 5.91 Å². The van der Waals surface area contributed by atoms with Gasteiger partial charge in [-0.2, -0.15) is 0 Å². The number of para-hydroxylation sites is 1. The van der Waals surface area contributed by atoms with E-state index in [-0.39, 0.29) is 5.91 Å². The molecule has 0 bridgehead atoms. The molecule has 0 aliphatic heterocycles. The van der Waals surface area contributed by atoms with E-state index in [1.807, 2.05) is 30.3 Å². The standard InChI is InChI=1S/C16H22N4OS/c1-4-9-14-17-18-16(20(14)5-2)22-12-15(21)19(3)13-10-7-6-8-11-13/h6-8,10-11H,4-5,9,12H2,1-3H3. The summed E-state index contributed by atoms with van der Waals surface area (Å²) >= 11 is 1.45. The van der Waals surface area contributed by atoms with E-state index in [9.17, 15) is 4.79 Å². The summed E-state index contributed by atoms with van der Waals surface area (Å²) < 4.78 is 2.09. The number of anilines is 1. The van der Waals surface area contributed by atoms with E-state index in [0.717, 1.165) is 36.1 Å². The lowest BCUT2D eigenvalue weighted by molar-refractivity contribution is -0.115. The second-order valence-electron chi connectivity index (χ2n) is 4.97. The van der Waals surface area contributed by atoms with Crippen LogP contribution < -0.4 is 4.90 Å². The van der Waals surface area contributed by atoms with Gasteiger partial charge in [-0.1, -0.05) is 36.9 Å². The van der Waals surface area contributed by atoms with E-state index in [0.29, 0.717) is 5.75 Å². The van der Waals surface area contributed by atoms with Crippen molar-refractivity contribution in [1.82, 2.24) is 14.8 Å². The second kappa shape index (κ2) is 7.98. The smallest absolute Gasteiger partial charge is 0.237 e. The van der Waals surface area contributed by atoms with Crippen molar-refractivity contribution in [2.24, 2.45) is 0 Å². The van der Waals surface area contributed by atoms with Crippen LogP contribution in [0.2, 0.25) is 0 Å². The molecule has 0 N–H and O–H groups in total. The number of benzene rings is 1. The van der Waals surface area contributed by atoms with Crippen LogP contribution in [0.25, 0.3) is 0 Å². The number of aromatic nitrogens is 3. The van der Waals surface area contributed by atoms with E-state index in [2.05, 4.69) is 28.6 Å². The highest BCUT2D eigenvalue weighted by Gasteiger charge is 2.15. The number of thioether (sulfide) groups is 1. The third kappa shape index (κ3) is 3.88. The first kappa shape index (κ1) is 16.5. The third-order valence-electron chi connectivity index (χ3n) is 3.43. The van der Waals surface area contributed by atoms with Gasteiger partial charge in [0.1, 0.15) is 5.82 Å². The van der Waals surface area contributed by atoms with Gasteiger partial charge in [0.15, 0.2) is 5.16 Å². The fraction of sp³-hybridized carbons (Fsp3) is 0.438. The molecule has 0 spiro atoms. The molecule has 0 saturated carbocycles. The van der Waals surface area contributed by atoms with Crippen LogP contribution in [0.5, 0.6) is 0 Å². The van der Waals surface area contributed by atoms with Crippen LogP contribution in [0.15, 0.2) is 35.5 Å².